The van der Waals surface area contributed by atoms with E-state index in [2.05, 4.69) is 0 Å². The van der Waals surface area contributed by atoms with E-state index in [1.807, 2.05) is 45.0 Å². The molecule has 0 radical (unpaired) electrons. The van der Waals surface area contributed by atoms with Gasteiger partial charge in [0.05, 0.1) is 12.0 Å². The van der Waals surface area contributed by atoms with E-state index in [9.17, 15) is 4.79 Å². The molecule has 1 heterocycles. The topological polar surface area (TPSA) is 30.2 Å². The second kappa shape index (κ2) is 5.44. The SMILES string of the molecule is Cc1ccc(C)c(C(=O)CSc2ccoc2C)c1. The number of carbonyl (C=O) groups excluding carboxylic acids is 1. The molecule has 0 unspecified atom stereocenters. The Morgan fingerprint density at radius 1 is 1.22 bits per heavy atom. The maximum atomic E-state index is 12.2. The molecule has 0 fully saturated rings. The molecule has 0 spiro atoms. The van der Waals surface area contributed by atoms with Crippen molar-refractivity contribution in [2.75, 3.05) is 5.75 Å². The van der Waals surface area contributed by atoms with Crippen LogP contribution in [0.4, 0.5) is 0 Å². The third kappa shape index (κ3) is 2.85. The highest BCUT2D eigenvalue weighted by Gasteiger charge is 2.11. The molecule has 0 amide bonds. The molecule has 0 atom stereocenters. The minimum atomic E-state index is 0.168. The van der Waals surface area contributed by atoms with Crippen LogP contribution in [0.2, 0.25) is 0 Å². The zero-order valence-corrected chi connectivity index (χ0v) is 11.6. The molecule has 94 valence electrons. The maximum absolute atomic E-state index is 12.2. The molecule has 0 aliphatic heterocycles. The molecule has 0 saturated heterocycles. The minimum Gasteiger partial charge on any atom is -0.468 e. The highest BCUT2D eigenvalue weighted by molar-refractivity contribution is 8.00. The van der Waals surface area contributed by atoms with Crippen LogP contribution in [0.1, 0.15) is 27.2 Å². The molecule has 2 aromatic rings. The third-order valence-electron chi connectivity index (χ3n) is 2.86. The zero-order chi connectivity index (χ0) is 13.1. The summed E-state index contributed by atoms with van der Waals surface area (Å²) in [7, 11) is 0. The van der Waals surface area contributed by atoms with Gasteiger partial charge in [0.25, 0.3) is 0 Å². The van der Waals surface area contributed by atoms with Crippen LogP contribution in [0.15, 0.2) is 39.8 Å². The van der Waals surface area contributed by atoms with Crippen LogP contribution < -0.4 is 0 Å². The van der Waals surface area contributed by atoms with Gasteiger partial charge in [-0.25, -0.2) is 0 Å². The number of hydrogen-bond acceptors (Lipinski definition) is 3. The Kier molecular flexibility index (Phi) is 3.92. The number of Topliss-reactive ketones (excluding diaryl/α,β-unsaturated/α-hetero) is 1. The Balaban J connectivity index is 2.08. The normalized spacial score (nSPS) is 10.6. The fraction of sp³-hybridized carbons (Fsp3) is 0.267. The molecule has 2 rings (SSSR count). The van der Waals surface area contributed by atoms with Gasteiger partial charge in [-0.15, -0.1) is 11.8 Å². The first-order valence-electron chi connectivity index (χ1n) is 5.85. The summed E-state index contributed by atoms with van der Waals surface area (Å²) in [6, 6.07) is 7.88. The van der Waals surface area contributed by atoms with Crippen LogP contribution in [0.3, 0.4) is 0 Å². The zero-order valence-electron chi connectivity index (χ0n) is 10.8. The van der Waals surface area contributed by atoms with E-state index in [1.165, 1.54) is 11.8 Å². The number of ketones is 1. The minimum absolute atomic E-state index is 0.168. The third-order valence-corrected chi connectivity index (χ3v) is 4.00. The van der Waals surface area contributed by atoms with Crippen LogP contribution in [-0.4, -0.2) is 11.5 Å². The van der Waals surface area contributed by atoms with Crippen molar-refractivity contribution in [2.24, 2.45) is 0 Å². The molecule has 2 nitrogen and oxygen atoms in total. The van der Waals surface area contributed by atoms with Gasteiger partial charge in [0.2, 0.25) is 0 Å². The van der Waals surface area contributed by atoms with Gasteiger partial charge in [-0.1, -0.05) is 17.7 Å². The lowest BCUT2D eigenvalue weighted by molar-refractivity contribution is 0.102. The van der Waals surface area contributed by atoms with Crippen LogP contribution in [0.5, 0.6) is 0 Å². The van der Waals surface area contributed by atoms with E-state index in [0.717, 1.165) is 27.3 Å². The summed E-state index contributed by atoms with van der Waals surface area (Å²) in [5.74, 6) is 1.49. The van der Waals surface area contributed by atoms with Gasteiger partial charge < -0.3 is 4.42 Å². The monoisotopic (exact) mass is 260 g/mol. The first-order valence-corrected chi connectivity index (χ1v) is 6.84. The van der Waals surface area contributed by atoms with Crippen molar-refractivity contribution in [3.63, 3.8) is 0 Å². The molecule has 0 N–H and O–H groups in total. The van der Waals surface area contributed by atoms with Crippen molar-refractivity contribution in [2.45, 2.75) is 25.7 Å². The summed E-state index contributed by atoms with van der Waals surface area (Å²) in [5, 5.41) is 0. The van der Waals surface area contributed by atoms with Gasteiger partial charge in [0.15, 0.2) is 5.78 Å². The lowest BCUT2D eigenvalue weighted by Crippen LogP contribution is -2.05. The van der Waals surface area contributed by atoms with Crippen LogP contribution in [-0.2, 0) is 0 Å². The van der Waals surface area contributed by atoms with E-state index in [4.69, 9.17) is 4.42 Å². The largest absolute Gasteiger partial charge is 0.468 e. The molecular weight excluding hydrogens is 244 g/mol. The van der Waals surface area contributed by atoms with Crippen LogP contribution in [0, 0.1) is 20.8 Å². The summed E-state index contributed by atoms with van der Waals surface area (Å²) in [5.41, 5.74) is 2.98. The predicted octanol–water partition coefficient (Wildman–Crippen LogP) is 4.18. The average Bonchev–Trinajstić information content (AvgIpc) is 2.75. The number of benzene rings is 1. The average molecular weight is 260 g/mol. The molecule has 1 aromatic carbocycles. The highest BCUT2D eigenvalue weighted by Crippen LogP contribution is 2.24. The first-order chi connectivity index (χ1) is 8.58. The molecule has 0 saturated carbocycles. The van der Waals surface area contributed by atoms with Crippen molar-refractivity contribution >= 4 is 17.5 Å². The van der Waals surface area contributed by atoms with Crippen LogP contribution >= 0.6 is 11.8 Å². The quantitative estimate of drug-likeness (QED) is 0.610. The molecule has 0 bridgehead atoms. The summed E-state index contributed by atoms with van der Waals surface area (Å²) in [4.78, 5) is 13.2. The Morgan fingerprint density at radius 2 is 2.00 bits per heavy atom. The number of hydrogen-bond donors (Lipinski definition) is 0. The molecule has 0 aliphatic rings. The Morgan fingerprint density at radius 3 is 2.67 bits per heavy atom. The number of thioether (sulfide) groups is 1. The number of aryl methyl sites for hydroxylation is 3. The highest BCUT2D eigenvalue weighted by atomic mass is 32.2. The summed E-state index contributed by atoms with van der Waals surface area (Å²) in [6.45, 7) is 5.88. The van der Waals surface area contributed by atoms with Gasteiger partial charge in [0, 0.05) is 10.5 Å². The van der Waals surface area contributed by atoms with Gasteiger partial charge in [-0.05, 0) is 38.5 Å². The second-order valence-electron chi connectivity index (χ2n) is 4.37. The summed E-state index contributed by atoms with van der Waals surface area (Å²) in [6.07, 6.45) is 1.65. The molecule has 1 aromatic heterocycles. The number of furan rings is 1. The predicted molar refractivity (Wildman–Crippen MR) is 74.4 cm³/mol. The van der Waals surface area contributed by atoms with E-state index >= 15 is 0 Å². The van der Waals surface area contributed by atoms with E-state index < -0.39 is 0 Å². The number of carbonyl (C=O) groups is 1. The van der Waals surface area contributed by atoms with Gasteiger partial charge in [0.1, 0.15) is 5.76 Å². The van der Waals surface area contributed by atoms with Crippen molar-refractivity contribution < 1.29 is 9.21 Å². The second-order valence-corrected chi connectivity index (χ2v) is 5.39. The van der Waals surface area contributed by atoms with Crippen molar-refractivity contribution in [1.29, 1.82) is 0 Å². The molecular formula is C15H16O2S. The van der Waals surface area contributed by atoms with Crippen molar-refractivity contribution in [3.8, 4) is 0 Å². The number of rotatable bonds is 4. The van der Waals surface area contributed by atoms with E-state index in [-0.39, 0.29) is 5.78 Å². The summed E-state index contributed by atoms with van der Waals surface area (Å²) >= 11 is 1.53. The van der Waals surface area contributed by atoms with Crippen molar-refractivity contribution in [3.05, 3.63) is 53.0 Å². The lowest BCUT2D eigenvalue weighted by Gasteiger charge is -2.05. The van der Waals surface area contributed by atoms with Crippen LogP contribution in [0.25, 0.3) is 0 Å². The molecule has 0 aliphatic carbocycles. The first kappa shape index (κ1) is 13.0. The van der Waals surface area contributed by atoms with E-state index in [1.54, 1.807) is 6.26 Å². The van der Waals surface area contributed by atoms with Gasteiger partial charge in [-0.2, -0.15) is 0 Å². The summed E-state index contributed by atoms with van der Waals surface area (Å²) < 4.78 is 5.21. The Labute approximate surface area is 111 Å². The van der Waals surface area contributed by atoms with Gasteiger partial charge in [-0.3, -0.25) is 4.79 Å². The molecule has 18 heavy (non-hydrogen) atoms. The fourth-order valence-electron chi connectivity index (χ4n) is 1.78. The molecule has 3 heteroatoms. The standard InChI is InChI=1S/C15H16O2S/c1-10-4-5-11(2)13(8-10)14(16)9-18-15-6-7-17-12(15)3/h4-8H,9H2,1-3H3. The maximum Gasteiger partial charge on any atom is 0.173 e. The Bertz CT molecular complexity index is 570. The van der Waals surface area contributed by atoms with Crippen molar-refractivity contribution in [1.82, 2.24) is 0 Å². The smallest absolute Gasteiger partial charge is 0.173 e. The van der Waals surface area contributed by atoms with E-state index in [0.29, 0.717) is 5.75 Å². The lowest BCUT2D eigenvalue weighted by atomic mass is 10.0. The fourth-order valence-corrected chi connectivity index (χ4v) is 2.63. The van der Waals surface area contributed by atoms with Gasteiger partial charge >= 0.3 is 0 Å². The Hall–Kier alpha value is -1.48.